The molecule has 0 amide bonds. The lowest BCUT2D eigenvalue weighted by Crippen LogP contribution is -2.07. The van der Waals surface area contributed by atoms with Crippen LogP contribution in [0, 0.1) is 19.7 Å². The molecule has 0 aliphatic heterocycles. The van der Waals surface area contributed by atoms with E-state index in [4.69, 9.17) is 0 Å². The smallest absolute Gasteiger partial charge is 0.124 e. The van der Waals surface area contributed by atoms with E-state index >= 15 is 0 Å². The highest BCUT2D eigenvalue weighted by Crippen LogP contribution is 2.27. The van der Waals surface area contributed by atoms with Crippen LogP contribution in [-0.2, 0) is 0 Å². The van der Waals surface area contributed by atoms with E-state index in [0.717, 1.165) is 15.7 Å². The highest BCUT2D eigenvalue weighted by Gasteiger charge is 2.10. The number of nitrogens with one attached hydrogen (secondary N) is 1. The third kappa shape index (κ3) is 3.35. The average Bonchev–Trinajstić information content (AvgIpc) is 2.33. The second-order valence-electron chi connectivity index (χ2n) is 4.83. The fourth-order valence-corrected chi connectivity index (χ4v) is 2.71. The van der Waals surface area contributed by atoms with Gasteiger partial charge >= 0.3 is 0 Å². The Kier molecular flexibility index (Phi) is 4.25. The predicted octanol–water partition coefficient (Wildman–Crippen LogP) is 5.38. The third-order valence-corrected chi connectivity index (χ3v) is 4.01. The Bertz CT molecular complexity index is 595. The van der Waals surface area contributed by atoms with Crippen LogP contribution in [0.15, 0.2) is 40.9 Å². The molecule has 2 aromatic carbocycles. The number of anilines is 1. The standard InChI is InChI=1S/C16H17BrFN/c1-10-4-6-14(8-11(10)2)19-12(3)15-7-5-13(18)9-16(15)17/h4-9,12,19H,1-3H3. The fraction of sp³-hybridized carbons (Fsp3) is 0.250. The SMILES string of the molecule is Cc1ccc(NC(C)c2ccc(F)cc2Br)cc1C. The van der Waals surface area contributed by atoms with Crippen molar-refractivity contribution in [1.82, 2.24) is 0 Å². The summed E-state index contributed by atoms with van der Waals surface area (Å²) in [4.78, 5) is 0. The first-order valence-corrected chi connectivity index (χ1v) is 7.05. The van der Waals surface area contributed by atoms with E-state index in [1.165, 1.54) is 23.3 Å². The normalized spacial score (nSPS) is 12.3. The minimum atomic E-state index is -0.228. The fourth-order valence-electron chi connectivity index (χ4n) is 2.01. The number of benzene rings is 2. The maximum Gasteiger partial charge on any atom is 0.124 e. The van der Waals surface area contributed by atoms with Gasteiger partial charge in [-0.05, 0) is 61.7 Å². The Balaban J connectivity index is 2.20. The summed E-state index contributed by atoms with van der Waals surface area (Å²) in [5.41, 5.74) is 4.66. The van der Waals surface area contributed by atoms with Gasteiger partial charge in [0.25, 0.3) is 0 Å². The molecule has 1 N–H and O–H groups in total. The van der Waals surface area contributed by atoms with Crippen molar-refractivity contribution in [3.8, 4) is 0 Å². The molecule has 0 spiro atoms. The van der Waals surface area contributed by atoms with Crippen LogP contribution in [-0.4, -0.2) is 0 Å². The summed E-state index contributed by atoms with van der Waals surface area (Å²) in [5.74, 6) is -0.228. The number of halogens is 2. The van der Waals surface area contributed by atoms with E-state index in [1.54, 1.807) is 6.07 Å². The zero-order valence-electron chi connectivity index (χ0n) is 11.3. The Hall–Kier alpha value is -1.35. The van der Waals surface area contributed by atoms with Gasteiger partial charge in [-0.15, -0.1) is 0 Å². The second kappa shape index (κ2) is 5.74. The minimum absolute atomic E-state index is 0.108. The van der Waals surface area contributed by atoms with Gasteiger partial charge in [0.05, 0.1) is 0 Å². The maximum atomic E-state index is 13.1. The minimum Gasteiger partial charge on any atom is -0.378 e. The van der Waals surface area contributed by atoms with Crippen molar-refractivity contribution >= 4 is 21.6 Å². The number of aryl methyl sites for hydroxylation is 2. The Morgan fingerprint density at radius 3 is 2.42 bits per heavy atom. The highest BCUT2D eigenvalue weighted by molar-refractivity contribution is 9.10. The molecule has 1 atom stereocenters. The maximum absolute atomic E-state index is 13.1. The lowest BCUT2D eigenvalue weighted by atomic mass is 10.1. The van der Waals surface area contributed by atoms with E-state index in [-0.39, 0.29) is 11.9 Å². The van der Waals surface area contributed by atoms with Crippen LogP contribution in [0.3, 0.4) is 0 Å². The van der Waals surface area contributed by atoms with Gasteiger partial charge in [0.1, 0.15) is 5.82 Å². The average molecular weight is 322 g/mol. The van der Waals surface area contributed by atoms with Gasteiger partial charge in [-0.3, -0.25) is 0 Å². The van der Waals surface area contributed by atoms with Crippen molar-refractivity contribution in [3.05, 3.63) is 63.4 Å². The molecule has 0 saturated carbocycles. The molecular formula is C16H17BrFN. The second-order valence-corrected chi connectivity index (χ2v) is 5.69. The van der Waals surface area contributed by atoms with Crippen LogP contribution in [0.4, 0.5) is 10.1 Å². The molecule has 0 aliphatic rings. The summed E-state index contributed by atoms with van der Waals surface area (Å²) in [7, 11) is 0. The summed E-state index contributed by atoms with van der Waals surface area (Å²) in [6, 6.07) is 11.2. The first-order chi connectivity index (χ1) is 8.97. The molecule has 1 unspecified atom stereocenters. The summed E-state index contributed by atoms with van der Waals surface area (Å²) in [5, 5.41) is 3.43. The van der Waals surface area contributed by atoms with Gasteiger partial charge in [0.2, 0.25) is 0 Å². The van der Waals surface area contributed by atoms with Gasteiger partial charge in [-0.1, -0.05) is 28.1 Å². The highest BCUT2D eigenvalue weighted by atomic mass is 79.9. The van der Waals surface area contributed by atoms with Crippen molar-refractivity contribution in [3.63, 3.8) is 0 Å². The molecule has 1 nitrogen and oxygen atoms in total. The molecule has 2 rings (SSSR count). The molecule has 0 radical (unpaired) electrons. The molecule has 0 fully saturated rings. The molecule has 0 saturated heterocycles. The van der Waals surface area contributed by atoms with Crippen molar-refractivity contribution in [2.24, 2.45) is 0 Å². The van der Waals surface area contributed by atoms with Crippen LogP contribution in [0.2, 0.25) is 0 Å². The van der Waals surface area contributed by atoms with Gasteiger partial charge in [0, 0.05) is 16.2 Å². The van der Waals surface area contributed by atoms with Crippen molar-refractivity contribution in [2.75, 3.05) is 5.32 Å². The topological polar surface area (TPSA) is 12.0 Å². The summed E-state index contributed by atoms with van der Waals surface area (Å²) >= 11 is 3.41. The molecule has 19 heavy (non-hydrogen) atoms. The number of hydrogen-bond donors (Lipinski definition) is 1. The summed E-state index contributed by atoms with van der Waals surface area (Å²) in [6.45, 7) is 6.26. The van der Waals surface area contributed by atoms with E-state index < -0.39 is 0 Å². The van der Waals surface area contributed by atoms with Gasteiger partial charge in [-0.25, -0.2) is 4.39 Å². The van der Waals surface area contributed by atoms with Crippen molar-refractivity contribution in [1.29, 1.82) is 0 Å². The van der Waals surface area contributed by atoms with Crippen LogP contribution in [0.1, 0.15) is 29.7 Å². The zero-order chi connectivity index (χ0) is 14.0. The van der Waals surface area contributed by atoms with E-state index in [1.807, 2.05) is 0 Å². The largest absolute Gasteiger partial charge is 0.378 e. The monoisotopic (exact) mass is 321 g/mol. The van der Waals surface area contributed by atoms with Crippen LogP contribution in [0.25, 0.3) is 0 Å². The van der Waals surface area contributed by atoms with E-state index in [9.17, 15) is 4.39 Å². The van der Waals surface area contributed by atoms with Crippen LogP contribution >= 0.6 is 15.9 Å². The van der Waals surface area contributed by atoms with Crippen LogP contribution in [0.5, 0.6) is 0 Å². The quantitative estimate of drug-likeness (QED) is 0.800. The first-order valence-electron chi connectivity index (χ1n) is 6.26. The molecule has 0 aromatic heterocycles. The zero-order valence-corrected chi connectivity index (χ0v) is 12.9. The molecule has 2 aromatic rings. The molecule has 0 aliphatic carbocycles. The number of hydrogen-bond acceptors (Lipinski definition) is 1. The lowest BCUT2D eigenvalue weighted by Gasteiger charge is -2.18. The van der Waals surface area contributed by atoms with E-state index in [2.05, 4.69) is 60.2 Å². The van der Waals surface area contributed by atoms with Crippen molar-refractivity contribution in [2.45, 2.75) is 26.8 Å². The summed E-state index contributed by atoms with van der Waals surface area (Å²) in [6.07, 6.45) is 0. The third-order valence-electron chi connectivity index (χ3n) is 3.32. The first kappa shape index (κ1) is 14.1. The van der Waals surface area contributed by atoms with Gasteiger partial charge < -0.3 is 5.32 Å². The molecule has 0 heterocycles. The Morgan fingerprint density at radius 1 is 1.05 bits per heavy atom. The van der Waals surface area contributed by atoms with Crippen LogP contribution < -0.4 is 5.32 Å². The van der Waals surface area contributed by atoms with Gasteiger partial charge in [-0.2, -0.15) is 0 Å². The van der Waals surface area contributed by atoms with Crippen molar-refractivity contribution < 1.29 is 4.39 Å². The van der Waals surface area contributed by atoms with Gasteiger partial charge in [0.15, 0.2) is 0 Å². The number of rotatable bonds is 3. The molecular weight excluding hydrogens is 305 g/mol. The predicted molar refractivity (Wildman–Crippen MR) is 82.1 cm³/mol. The molecule has 0 bridgehead atoms. The molecule has 100 valence electrons. The molecule has 3 heteroatoms. The lowest BCUT2D eigenvalue weighted by molar-refractivity contribution is 0.625. The Morgan fingerprint density at radius 2 is 1.79 bits per heavy atom. The van der Waals surface area contributed by atoms with E-state index in [0.29, 0.717) is 0 Å². The summed E-state index contributed by atoms with van der Waals surface area (Å²) < 4.78 is 13.9. The Labute approximate surface area is 122 Å².